The lowest BCUT2D eigenvalue weighted by Gasteiger charge is -2.27. The minimum atomic E-state index is -0.118. The van der Waals surface area contributed by atoms with Gasteiger partial charge in [-0.25, -0.2) is 14.8 Å². The largest absolute Gasteiger partial charge is 0.466 e. The molecule has 29 heavy (non-hydrogen) atoms. The molecule has 1 saturated heterocycles. The molecule has 0 aromatic carbocycles. The number of aromatic amines is 1. The number of amides is 2. The highest BCUT2D eigenvalue weighted by Gasteiger charge is 2.44. The van der Waals surface area contributed by atoms with Crippen LogP contribution in [0, 0.1) is 11.8 Å². The Morgan fingerprint density at radius 2 is 2.14 bits per heavy atom. The quantitative estimate of drug-likeness (QED) is 0.673. The fourth-order valence-corrected chi connectivity index (χ4v) is 5.11. The Kier molecular flexibility index (Phi) is 4.46. The first kappa shape index (κ1) is 18.1. The zero-order valence-electron chi connectivity index (χ0n) is 16.2. The molecule has 3 atom stereocenters. The third kappa shape index (κ3) is 3.24. The fraction of sp³-hybridized carbons (Fsp3) is 0.500. The molecule has 3 aromatic heterocycles. The van der Waals surface area contributed by atoms with E-state index in [1.807, 2.05) is 17.2 Å². The predicted octanol–water partition coefficient (Wildman–Crippen LogP) is 2.20. The second kappa shape index (κ2) is 7.14. The van der Waals surface area contributed by atoms with Gasteiger partial charge < -0.3 is 19.5 Å². The maximum atomic E-state index is 12.6. The van der Waals surface area contributed by atoms with Crippen molar-refractivity contribution in [3.63, 3.8) is 0 Å². The van der Waals surface area contributed by atoms with Crippen molar-refractivity contribution in [1.29, 1.82) is 0 Å². The number of anilines is 2. The van der Waals surface area contributed by atoms with Crippen LogP contribution in [0.2, 0.25) is 0 Å². The van der Waals surface area contributed by atoms with Crippen LogP contribution in [0.1, 0.15) is 12.8 Å². The molecule has 0 radical (unpaired) electrons. The van der Waals surface area contributed by atoms with Crippen molar-refractivity contribution < 1.29 is 9.53 Å². The number of aromatic nitrogens is 5. The van der Waals surface area contributed by atoms with E-state index in [1.54, 1.807) is 6.33 Å². The Morgan fingerprint density at radius 3 is 2.86 bits per heavy atom. The molecule has 2 aliphatic rings. The van der Waals surface area contributed by atoms with Crippen LogP contribution in [-0.4, -0.2) is 68.5 Å². The number of hydrogen-bond donors (Lipinski definition) is 2. The Morgan fingerprint density at radius 1 is 1.34 bits per heavy atom. The summed E-state index contributed by atoms with van der Waals surface area (Å²) in [5.41, 5.74) is 0.858. The zero-order valence-corrected chi connectivity index (χ0v) is 17.0. The van der Waals surface area contributed by atoms with Gasteiger partial charge in [-0.05, 0) is 30.7 Å². The molecular formula is C18H22N8O2S. The van der Waals surface area contributed by atoms with E-state index in [9.17, 15) is 4.79 Å². The fourth-order valence-electron chi connectivity index (χ4n) is 4.58. The number of nitrogens with one attached hydrogen (secondary N) is 2. The van der Waals surface area contributed by atoms with Gasteiger partial charge in [-0.2, -0.15) is 4.98 Å². The summed E-state index contributed by atoms with van der Waals surface area (Å²) in [6, 6.07) is 2.59. The lowest BCUT2D eigenvalue weighted by atomic mass is 10.0. The van der Waals surface area contributed by atoms with Crippen molar-refractivity contribution in [2.45, 2.75) is 18.9 Å². The number of urea groups is 1. The first-order valence-electron chi connectivity index (χ1n) is 9.57. The van der Waals surface area contributed by atoms with Crippen LogP contribution in [0.3, 0.4) is 0 Å². The summed E-state index contributed by atoms with van der Waals surface area (Å²) in [6.07, 6.45) is 5.60. The van der Waals surface area contributed by atoms with E-state index in [2.05, 4.69) is 41.6 Å². The molecule has 0 spiro atoms. The lowest BCUT2D eigenvalue weighted by Crippen LogP contribution is -2.36. The van der Waals surface area contributed by atoms with Crippen LogP contribution in [0.15, 0.2) is 18.6 Å². The molecule has 10 nitrogen and oxygen atoms in total. The molecule has 0 bridgehead atoms. The number of ether oxygens (including phenoxy) is 1. The summed E-state index contributed by atoms with van der Waals surface area (Å²) in [5, 5.41) is 4.33. The van der Waals surface area contributed by atoms with Crippen molar-refractivity contribution >= 4 is 39.5 Å². The zero-order chi connectivity index (χ0) is 20.0. The molecule has 152 valence electrons. The van der Waals surface area contributed by atoms with Gasteiger partial charge in [-0.15, -0.1) is 4.37 Å². The first-order valence-corrected chi connectivity index (χ1v) is 10.3. The molecular weight excluding hydrogens is 392 g/mol. The second-order valence-corrected chi connectivity index (χ2v) is 8.37. The number of nitrogens with zero attached hydrogens (tertiary/aromatic N) is 6. The van der Waals surface area contributed by atoms with Gasteiger partial charge in [0.15, 0.2) is 0 Å². The lowest BCUT2D eigenvalue weighted by molar-refractivity contribution is 0.218. The molecule has 1 saturated carbocycles. The molecule has 5 rings (SSSR count). The summed E-state index contributed by atoms with van der Waals surface area (Å²) >= 11 is 1.12. The van der Waals surface area contributed by atoms with Gasteiger partial charge in [0.05, 0.1) is 12.5 Å². The monoisotopic (exact) mass is 414 g/mol. The third-order valence-electron chi connectivity index (χ3n) is 6.03. The van der Waals surface area contributed by atoms with Crippen LogP contribution < -0.4 is 15.0 Å². The molecule has 2 amide bonds. The van der Waals surface area contributed by atoms with E-state index in [4.69, 9.17) is 4.74 Å². The van der Waals surface area contributed by atoms with Crippen molar-refractivity contribution in [2.75, 3.05) is 37.5 Å². The number of fused-ring (bicyclic) bond motifs is 2. The van der Waals surface area contributed by atoms with E-state index < -0.39 is 0 Å². The maximum Gasteiger partial charge on any atom is 0.329 e. The summed E-state index contributed by atoms with van der Waals surface area (Å²) < 4.78 is 8.97. The predicted molar refractivity (Wildman–Crippen MR) is 109 cm³/mol. The van der Waals surface area contributed by atoms with E-state index in [0.29, 0.717) is 23.0 Å². The number of hydrogen-bond acceptors (Lipinski definition) is 8. The topological polar surface area (TPSA) is 112 Å². The number of methoxy groups -OCH3 is 1. The molecule has 1 aliphatic heterocycles. The Balaban J connectivity index is 1.21. The van der Waals surface area contributed by atoms with Crippen molar-refractivity contribution in [3.05, 3.63) is 18.6 Å². The first-order chi connectivity index (χ1) is 14.1. The van der Waals surface area contributed by atoms with Gasteiger partial charge in [0.25, 0.3) is 0 Å². The van der Waals surface area contributed by atoms with Crippen LogP contribution in [0.4, 0.5) is 15.7 Å². The Bertz CT molecular complexity index is 1020. The third-order valence-corrected chi connectivity index (χ3v) is 6.65. The molecule has 4 heterocycles. The number of H-pyrrole nitrogens is 1. The Labute approximate surface area is 171 Å². The average Bonchev–Trinajstić information content (AvgIpc) is 3.48. The standard InChI is InChI=1S/C18H22N8O2S/c1-25(15-13-3-4-19-14(13)20-9-21-15)12-5-10-7-26(8-11(10)6-12)18(27)23-17-22-16(28-2)24-29-17/h3-4,9-12H,5-8H2,1-2H3,(H,19,20,21)(H,22,23,24,27)/t10-,11?,12?/m0/s1. The van der Waals surface area contributed by atoms with Crippen LogP contribution in [0.5, 0.6) is 6.01 Å². The maximum absolute atomic E-state index is 12.6. The smallest absolute Gasteiger partial charge is 0.329 e. The minimum Gasteiger partial charge on any atom is -0.466 e. The van der Waals surface area contributed by atoms with Crippen molar-refractivity contribution in [3.8, 4) is 6.01 Å². The van der Waals surface area contributed by atoms with E-state index >= 15 is 0 Å². The normalized spacial score (nSPS) is 23.4. The summed E-state index contributed by atoms with van der Waals surface area (Å²) in [4.78, 5) is 32.8. The van der Waals surface area contributed by atoms with Gasteiger partial charge in [-0.3, -0.25) is 5.32 Å². The molecule has 1 aliphatic carbocycles. The van der Waals surface area contributed by atoms with E-state index in [1.165, 1.54) is 7.11 Å². The number of carbonyl (C=O) groups is 1. The van der Waals surface area contributed by atoms with Gasteiger partial charge >= 0.3 is 12.0 Å². The van der Waals surface area contributed by atoms with Crippen LogP contribution >= 0.6 is 11.5 Å². The number of likely N-dealkylation sites (tertiary alicyclic amines) is 1. The molecule has 2 N–H and O–H groups in total. The molecule has 3 aromatic rings. The second-order valence-electron chi connectivity index (χ2n) is 7.61. The number of carbonyl (C=O) groups excluding carboxylic acids is 1. The highest BCUT2D eigenvalue weighted by Crippen LogP contribution is 2.41. The molecule has 11 heteroatoms. The molecule has 2 unspecified atom stereocenters. The highest BCUT2D eigenvalue weighted by atomic mass is 32.1. The number of rotatable bonds is 4. The van der Waals surface area contributed by atoms with Crippen LogP contribution in [-0.2, 0) is 0 Å². The summed E-state index contributed by atoms with van der Waals surface area (Å²) in [7, 11) is 3.61. The van der Waals surface area contributed by atoms with Gasteiger partial charge in [-0.1, -0.05) is 0 Å². The van der Waals surface area contributed by atoms with Crippen molar-refractivity contribution in [1.82, 2.24) is 29.2 Å². The van der Waals surface area contributed by atoms with Crippen molar-refractivity contribution in [2.24, 2.45) is 11.8 Å². The minimum absolute atomic E-state index is 0.118. The highest BCUT2D eigenvalue weighted by molar-refractivity contribution is 7.10. The van der Waals surface area contributed by atoms with Crippen LogP contribution in [0.25, 0.3) is 11.0 Å². The van der Waals surface area contributed by atoms with Gasteiger partial charge in [0.1, 0.15) is 17.8 Å². The Hall–Kier alpha value is -2.95. The van der Waals surface area contributed by atoms with Gasteiger partial charge in [0.2, 0.25) is 5.13 Å². The summed E-state index contributed by atoms with van der Waals surface area (Å²) in [6.45, 7) is 1.53. The average molecular weight is 414 g/mol. The molecule has 2 fully saturated rings. The SMILES string of the molecule is COc1nsc(NC(=O)N2CC3CC(N(C)c4ncnc5[nH]ccc45)C[C@H]3C2)n1. The summed E-state index contributed by atoms with van der Waals surface area (Å²) in [5.74, 6) is 1.96. The van der Waals surface area contributed by atoms with E-state index in [0.717, 1.165) is 54.3 Å². The van der Waals surface area contributed by atoms with Gasteiger partial charge in [0, 0.05) is 43.9 Å². The van der Waals surface area contributed by atoms with E-state index in [-0.39, 0.29) is 12.0 Å².